The summed E-state index contributed by atoms with van der Waals surface area (Å²) in [5.41, 5.74) is 2.24. The van der Waals surface area contributed by atoms with Gasteiger partial charge in [-0.1, -0.05) is 0 Å². The number of hydrazine groups is 1. The van der Waals surface area contributed by atoms with Gasteiger partial charge >= 0.3 is 6.09 Å². The number of hydrogen-bond acceptors (Lipinski definition) is 5. The minimum Gasteiger partial charge on any atom is -0.446 e. The first-order valence-electron chi connectivity index (χ1n) is 5.77. The maximum Gasteiger partial charge on any atom is 0.422 e. The number of hydrogen-bond donors (Lipinski definition) is 3. The first-order valence-corrected chi connectivity index (χ1v) is 6.85. The van der Waals surface area contributed by atoms with Crippen LogP contribution in [0.3, 0.4) is 0 Å². The first-order chi connectivity index (χ1) is 9.20. The average Bonchev–Trinajstić information content (AvgIpc) is 2.38. The summed E-state index contributed by atoms with van der Waals surface area (Å²) < 4.78 is 12.3. The fraction of sp³-hybridized carbons (Fsp3) is 0.636. The third kappa shape index (κ3) is 13.2. The number of carbonyl (C=O) groups excluding carboxylic acids is 2. The van der Waals surface area contributed by atoms with E-state index in [2.05, 4.69) is 20.3 Å². The third-order valence-corrected chi connectivity index (χ3v) is 2.17. The molecule has 0 aliphatic heterocycles. The number of rotatable bonds is 10. The number of halogens is 1. The van der Waals surface area contributed by atoms with Crippen molar-refractivity contribution in [1.82, 2.24) is 14.4 Å². The minimum atomic E-state index is -0.570. The molecule has 0 aromatic rings. The normalized spacial score (nSPS) is 9.47. The highest BCUT2D eigenvalue weighted by atomic mass is 127. The van der Waals surface area contributed by atoms with E-state index in [0.29, 0.717) is 32.4 Å². The predicted octanol–water partition coefficient (Wildman–Crippen LogP) is 0.503. The molecule has 0 aromatic carbocycles. The highest BCUT2D eigenvalue weighted by molar-refractivity contribution is 14.1. The molecule has 0 saturated carbocycles. The summed E-state index contributed by atoms with van der Waals surface area (Å²) in [6.45, 7) is 1.23. The Morgan fingerprint density at radius 1 is 1.26 bits per heavy atom. The predicted molar refractivity (Wildman–Crippen MR) is 78.2 cm³/mol. The van der Waals surface area contributed by atoms with Gasteiger partial charge in [-0.2, -0.15) is 3.64 Å². The van der Waals surface area contributed by atoms with Gasteiger partial charge < -0.3 is 14.8 Å². The van der Waals surface area contributed by atoms with E-state index in [9.17, 15) is 9.59 Å². The van der Waals surface area contributed by atoms with E-state index in [1.165, 1.54) is 0 Å². The van der Waals surface area contributed by atoms with Crippen LogP contribution < -0.4 is 14.4 Å². The molecule has 0 aliphatic rings. The van der Waals surface area contributed by atoms with E-state index in [-0.39, 0.29) is 19.1 Å². The molecule has 0 heterocycles. The minimum absolute atomic E-state index is 0.0393. The molecule has 19 heavy (non-hydrogen) atoms. The van der Waals surface area contributed by atoms with Crippen LogP contribution in [0.1, 0.15) is 19.3 Å². The smallest absolute Gasteiger partial charge is 0.422 e. The van der Waals surface area contributed by atoms with E-state index in [0.717, 1.165) is 0 Å². The van der Waals surface area contributed by atoms with Crippen LogP contribution in [0.15, 0.2) is 0 Å². The third-order valence-electron chi connectivity index (χ3n) is 1.90. The topological polar surface area (TPSA) is 88.7 Å². The van der Waals surface area contributed by atoms with E-state index in [1.54, 1.807) is 22.9 Å². The molecule has 0 radical (unpaired) electrons. The molecule has 2 amide bonds. The Kier molecular flexibility index (Phi) is 12.6. The van der Waals surface area contributed by atoms with Crippen LogP contribution in [0, 0.1) is 12.3 Å². The molecule has 0 rings (SSSR count). The lowest BCUT2D eigenvalue weighted by Crippen LogP contribution is -2.32. The lowest BCUT2D eigenvalue weighted by Gasteiger charge is -2.07. The zero-order chi connectivity index (χ0) is 14.3. The highest BCUT2D eigenvalue weighted by Gasteiger charge is 2.00. The zero-order valence-electron chi connectivity index (χ0n) is 10.5. The summed E-state index contributed by atoms with van der Waals surface area (Å²) in [4.78, 5) is 22.1. The van der Waals surface area contributed by atoms with Gasteiger partial charge in [0, 0.05) is 42.3 Å². The number of ether oxygens (including phenoxy) is 2. The van der Waals surface area contributed by atoms with E-state index >= 15 is 0 Å². The maximum atomic E-state index is 11.2. The zero-order valence-corrected chi connectivity index (χ0v) is 12.7. The van der Waals surface area contributed by atoms with Gasteiger partial charge in [-0.05, 0) is 6.42 Å². The SMILES string of the molecule is C#CCCCC(=O)NCCOCCOC(=O)NNI. The molecule has 0 saturated heterocycles. The van der Waals surface area contributed by atoms with Gasteiger partial charge in [0.05, 0.1) is 13.2 Å². The Morgan fingerprint density at radius 2 is 2.05 bits per heavy atom. The van der Waals surface area contributed by atoms with Crippen molar-refractivity contribution in [1.29, 1.82) is 0 Å². The molecule has 8 heteroatoms. The monoisotopic (exact) mass is 383 g/mol. The number of amides is 2. The van der Waals surface area contributed by atoms with E-state index in [1.807, 2.05) is 0 Å². The van der Waals surface area contributed by atoms with Gasteiger partial charge in [-0.25, -0.2) is 10.2 Å². The summed E-state index contributed by atoms with van der Waals surface area (Å²) in [6.07, 6.45) is 6.23. The van der Waals surface area contributed by atoms with Crippen LogP contribution in [0.4, 0.5) is 4.79 Å². The largest absolute Gasteiger partial charge is 0.446 e. The molecule has 108 valence electrons. The Balaban J connectivity index is 3.24. The Bertz CT molecular complexity index is 307. The van der Waals surface area contributed by atoms with Crippen molar-refractivity contribution < 1.29 is 19.1 Å². The van der Waals surface area contributed by atoms with Crippen molar-refractivity contribution in [3.05, 3.63) is 0 Å². The Labute approximate surface area is 126 Å². The van der Waals surface area contributed by atoms with Gasteiger partial charge in [0.25, 0.3) is 0 Å². The fourth-order valence-electron chi connectivity index (χ4n) is 1.07. The maximum absolute atomic E-state index is 11.2. The molecule has 3 N–H and O–H groups in total. The second-order valence-electron chi connectivity index (χ2n) is 3.38. The molecular formula is C11H18IN3O4. The van der Waals surface area contributed by atoms with Crippen molar-refractivity contribution in [3.63, 3.8) is 0 Å². The van der Waals surface area contributed by atoms with Crippen molar-refractivity contribution in [2.45, 2.75) is 19.3 Å². The van der Waals surface area contributed by atoms with Crippen LogP contribution in [-0.2, 0) is 14.3 Å². The Morgan fingerprint density at radius 3 is 2.74 bits per heavy atom. The number of unbranched alkanes of at least 4 members (excludes halogenated alkanes) is 1. The second-order valence-corrected chi connectivity index (χ2v) is 3.91. The standard InChI is InChI=1S/C11H18IN3O4/c1-2-3-4-5-10(16)13-6-7-18-8-9-19-11(17)14-15-12/h1,15H,3-9H2,(H,13,16)(H,14,17). The van der Waals surface area contributed by atoms with E-state index in [4.69, 9.17) is 15.9 Å². The molecule has 0 aliphatic carbocycles. The summed E-state index contributed by atoms with van der Waals surface area (Å²) in [5.74, 6) is 2.44. The van der Waals surface area contributed by atoms with Gasteiger partial charge in [-0.15, -0.1) is 12.3 Å². The van der Waals surface area contributed by atoms with Crippen molar-refractivity contribution in [2.24, 2.45) is 0 Å². The highest BCUT2D eigenvalue weighted by Crippen LogP contribution is 1.92. The summed E-state index contributed by atoms with van der Waals surface area (Å²) in [7, 11) is 0. The van der Waals surface area contributed by atoms with Gasteiger partial charge in [0.2, 0.25) is 5.91 Å². The van der Waals surface area contributed by atoms with Crippen molar-refractivity contribution >= 4 is 34.9 Å². The molecule has 0 spiro atoms. The van der Waals surface area contributed by atoms with Gasteiger partial charge in [0.1, 0.15) is 6.61 Å². The molecule has 7 nitrogen and oxygen atoms in total. The number of carbonyl (C=O) groups is 2. The summed E-state index contributed by atoms with van der Waals surface area (Å²) in [6, 6.07) is 0. The van der Waals surface area contributed by atoms with Gasteiger partial charge in [0.15, 0.2) is 0 Å². The van der Waals surface area contributed by atoms with Crippen molar-refractivity contribution in [3.8, 4) is 12.3 Å². The fourth-order valence-corrected chi connectivity index (χ4v) is 1.29. The van der Waals surface area contributed by atoms with Crippen LogP contribution in [0.5, 0.6) is 0 Å². The summed E-state index contributed by atoms with van der Waals surface area (Å²) >= 11 is 1.76. The molecular weight excluding hydrogens is 365 g/mol. The van der Waals surface area contributed by atoms with Crippen molar-refractivity contribution in [2.75, 3.05) is 26.4 Å². The van der Waals surface area contributed by atoms with Crippen LogP contribution in [-0.4, -0.2) is 38.4 Å². The van der Waals surface area contributed by atoms with Crippen LogP contribution in [0.25, 0.3) is 0 Å². The Hall–Kier alpha value is -1.05. The molecule has 0 atom stereocenters. The summed E-state index contributed by atoms with van der Waals surface area (Å²) in [5, 5.41) is 2.70. The number of nitrogens with one attached hydrogen (secondary N) is 3. The van der Waals surface area contributed by atoms with Crippen LogP contribution >= 0.6 is 22.9 Å². The van der Waals surface area contributed by atoms with Gasteiger partial charge in [-0.3, -0.25) is 4.79 Å². The lowest BCUT2D eigenvalue weighted by atomic mass is 10.2. The van der Waals surface area contributed by atoms with E-state index < -0.39 is 6.09 Å². The second kappa shape index (κ2) is 13.4. The molecule has 0 unspecified atom stereocenters. The quantitative estimate of drug-likeness (QED) is 0.168. The lowest BCUT2D eigenvalue weighted by molar-refractivity contribution is -0.121. The molecule has 0 aromatic heterocycles. The molecule has 0 bridgehead atoms. The average molecular weight is 383 g/mol. The number of terminal acetylenes is 1. The molecule has 0 fully saturated rings. The van der Waals surface area contributed by atoms with Crippen LogP contribution in [0.2, 0.25) is 0 Å². The first kappa shape index (κ1) is 17.9.